The Morgan fingerprint density at radius 3 is 2.85 bits per heavy atom. The zero-order valence-corrected chi connectivity index (χ0v) is 12.2. The van der Waals surface area contributed by atoms with Crippen LogP contribution in [0.15, 0.2) is 41.8 Å². The second kappa shape index (κ2) is 5.20. The fourth-order valence-corrected chi connectivity index (χ4v) is 4.43. The van der Waals surface area contributed by atoms with Crippen LogP contribution in [0, 0.1) is 0 Å². The Balaban J connectivity index is 2.00. The number of benzene rings is 1. The minimum Gasteiger partial charge on any atom is -0.335 e. The van der Waals surface area contributed by atoms with Crippen LogP contribution in [0.3, 0.4) is 0 Å². The van der Waals surface area contributed by atoms with Gasteiger partial charge in [-0.1, -0.05) is 29.8 Å². The van der Waals surface area contributed by atoms with E-state index in [2.05, 4.69) is 9.97 Å². The van der Waals surface area contributed by atoms with Gasteiger partial charge in [-0.2, -0.15) is 4.31 Å². The standard InChI is InChI=1S/C13H14ClN3O2S/c14-11-5-2-1-4-10(11)12-6-3-7-17(12)20(18,19)13-8-15-9-16-13/h1-2,4-5,8-9,12H,3,6-7H2,(H,15,16)/t12-/m1/s1. The first-order chi connectivity index (χ1) is 9.60. The maximum Gasteiger partial charge on any atom is 0.260 e. The lowest BCUT2D eigenvalue weighted by Gasteiger charge is -2.24. The molecule has 0 bridgehead atoms. The van der Waals surface area contributed by atoms with Crippen LogP contribution < -0.4 is 0 Å². The second-order valence-corrected chi connectivity index (χ2v) is 6.98. The van der Waals surface area contributed by atoms with E-state index in [1.807, 2.05) is 18.2 Å². The smallest absolute Gasteiger partial charge is 0.260 e. The molecule has 0 saturated carbocycles. The third-order valence-electron chi connectivity index (χ3n) is 3.53. The van der Waals surface area contributed by atoms with Gasteiger partial charge in [0.25, 0.3) is 10.0 Å². The molecular formula is C13H14ClN3O2S. The topological polar surface area (TPSA) is 66.1 Å². The summed E-state index contributed by atoms with van der Waals surface area (Å²) in [5.74, 6) is 0. The predicted molar refractivity (Wildman–Crippen MR) is 75.9 cm³/mol. The third-order valence-corrected chi connectivity index (χ3v) is 5.71. The lowest BCUT2D eigenvalue weighted by Crippen LogP contribution is -2.31. The number of imidazole rings is 1. The highest BCUT2D eigenvalue weighted by Gasteiger charge is 2.37. The normalized spacial score (nSPS) is 20.4. The molecule has 2 heterocycles. The molecule has 1 aromatic heterocycles. The van der Waals surface area contributed by atoms with Gasteiger partial charge in [-0.25, -0.2) is 13.4 Å². The molecule has 1 atom stereocenters. The van der Waals surface area contributed by atoms with Gasteiger partial charge >= 0.3 is 0 Å². The first-order valence-corrected chi connectivity index (χ1v) is 8.17. The monoisotopic (exact) mass is 311 g/mol. The molecule has 1 aliphatic heterocycles. The van der Waals surface area contributed by atoms with Crippen LogP contribution >= 0.6 is 11.6 Å². The van der Waals surface area contributed by atoms with Crippen molar-refractivity contribution in [1.82, 2.24) is 14.3 Å². The number of hydrogen-bond acceptors (Lipinski definition) is 3. The fourth-order valence-electron chi connectivity index (χ4n) is 2.59. The molecule has 1 saturated heterocycles. The van der Waals surface area contributed by atoms with Gasteiger partial charge in [0.05, 0.1) is 18.6 Å². The SMILES string of the molecule is O=S(=O)(c1cnc[nH]1)N1CCC[C@@H]1c1ccccc1Cl. The zero-order chi connectivity index (χ0) is 14.2. The summed E-state index contributed by atoms with van der Waals surface area (Å²) >= 11 is 6.20. The lowest BCUT2D eigenvalue weighted by atomic mass is 10.1. The van der Waals surface area contributed by atoms with Gasteiger partial charge in [-0.05, 0) is 24.5 Å². The molecule has 20 heavy (non-hydrogen) atoms. The van der Waals surface area contributed by atoms with Gasteiger partial charge in [0.2, 0.25) is 0 Å². The summed E-state index contributed by atoms with van der Waals surface area (Å²) in [7, 11) is -3.55. The summed E-state index contributed by atoms with van der Waals surface area (Å²) in [5, 5.41) is 0.723. The van der Waals surface area contributed by atoms with Gasteiger partial charge in [0, 0.05) is 11.6 Å². The Hall–Kier alpha value is -1.37. The molecule has 106 valence electrons. The van der Waals surface area contributed by atoms with Gasteiger partial charge < -0.3 is 4.98 Å². The number of halogens is 1. The quantitative estimate of drug-likeness (QED) is 0.947. The fraction of sp³-hybridized carbons (Fsp3) is 0.308. The van der Waals surface area contributed by atoms with Crippen molar-refractivity contribution in [1.29, 1.82) is 0 Å². The highest BCUT2D eigenvalue weighted by molar-refractivity contribution is 7.89. The van der Waals surface area contributed by atoms with E-state index in [4.69, 9.17) is 11.6 Å². The summed E-state index contributed by atoms with van der Waals surface area (Å²) in [6, 6.07) is 7.18. The van der Waals surface area contributed by atoms with Crippen LogP contribution in [0.2, 0.25) is 5.02 Å². The number of H-pyrrole nitrogens is 1. The van der Waals surface area contributed by atoms with E-state index in [-0.39, 0.29) is 11.1 Å². The van der Waals surface area contributed by atoms with Crippen LogP contribution in [0.4, 0.5) is 0 Å². The molecule has 5 nitrogen and oxygen atoms in total. The second-order valence-electron chi connectivity index (χ2n) is 4.71. The van der Waals surface area contributed by atoms with Gasteiger partial charge in [-0.15, -0.1) is 0 Å². The Morgan fingerprint density at radius 1 is 1.35 bits per heavy atom. The molecule has 7 heteroatoms. The number of hydrogen-bond donors (Lipinski definition) is 1. The van der Waals surface area contributed by atoms with E-state index >= 15 is 0 Å². The first-order valence-electron chi connectivity index (χ1n) is 6.35. The largest absolute Gasteiger partial charge is 0.335 e. The average molecular weight is 312 g/mol. The molecule has 1 aliphatic rings. The number of aromatic amines is 1. The third kappa shape index (κ3) is 2.24. The Bertz CT molecular complexity index is 700. The number of nitrogens with zero attached hydrogens (tertiary/aromatic N) is 2. The van der Waals surface area contributed by atoms with E-state index in [1.165, 1.54) is 16.8 Å². The zero-order valence-electron chi connectivity index (χ0n) is 10.7. The Labute approximate surface area is 122 Å². The molecule has 0 spiro atoms. The Morgan fingerprint density at radius 2 is 2.15 bits per heavy atom. The van der Waals surface area contributed by atoms with E-state index in [1.54, 1.807) is 6.07 Å². The molecule has 0 radical (unpaired) electrons. The summed E-state index contributed by atoms with van der Waals surface area (Å²) in [6.07, 6.45) is 4.30. The van der Waals surface area contributed by atoms with Crippen molar-refractivity contribution in [3.8, 4) is 0 Å². The number of rotatable bonds is 3. The van der Waals surface area contributed by atoms with Crippen molar-refractivity contribution in [3.05, 3.63) is 47.4 Å². The molecule has 0 amide bonds. The van der Waals surface area contributed by atoms with E-state index < -0.39 is 10.0 Å². The lowest BCUT2D eigenvalue weighted by molar-refractivity contribution is 0.395. The minimum atomic E-state index is -3.55. The molecule has 2 aromatic rings. The summed E-state index contributed by atoms with van der Waals surface area (Å²) in [5.41, 5.74) is 0.856. The van der Waals surface area contributed by atoms with Crippen molar-refractivity contribution in [2.24, 2.45) is 0 Å². The van der Waals surface area contributed by atoms with Gasteiger partial charge in [-0.3, -0.25) is 0 Å². The van der Waals surface area contributed by atoms with E-state index in [0.717, 1.165) is 18.4 Å². The molecular weight excluding hydrogens is 298 g/mol. The van der Waals surface area contributed by atoms with Gasteiger partial charge in [0.1, 0.15) is 0 Å². The van der Waals surface area contributed by atoms with Crippen LogP contribution in [0.1, 0.15) is 24.4 Å². The highest BCUT2D eigenvalue weighted by atomic mass is 35.5. The highest BCUT2D eigenvalue weighted by Crippen LogP contribution is 2.38. The minimum absolute atomic E-state index is 0.122. The van der Waals surface area contributed by atoms with Crippen molar-refractivity contribution in [3.63, 3.8) is 0 Å². The molecule has 1 fully saturated rings. The molecule has 3 rings (SSSR count). The van der Waals surface area contributed by atoms with Crippen LogP contribution in [0.25, 0.3) is 0 Å². The predicted octanol–water partition coefficient (Wildman–Crippen LogP) is 2.59. The van der Waals surface area contributed by atoms with E-state index in [9.17, 15) is 8.42 Å². The Kier molecular flexibility index (Phi) is 3.54. The van der Waals surface area contributed by atoms with Gasteiger partial charge in [0.15, 0.2) is 5.03 Å². The maximum absolute atomic E-state index is 12.6. The summed E-state index contributed by atoms with van der Waals surface area (Å²) < 4.78 is 26.7. The molecule has 0 aliphatic carbocycles. The first kappa shape index (κ1) is 13.6. The van der Waals surface area contributed by atoms with Crippen molar-refractivity contribution >= 4 is 21.6 Å². The molecule has 1 aromatic carbocycles. The summed E-state index contributed by atoms with van der Waals surface area (Å²) in [4.78, 5) is 6.45. The van der Waals surface area contributed by atoms with E-state index in [0.29, 0.717) is 11.6 Å². The van der Waals surface area contributed by atoms with Crippen molar-refractivity contribution in [2.75, 3.05) is 6.54 Å². The van der Waals surface area contributed by atoms with Crippen LogP contribution in [-0.4, -0.2) is 29.2 Å². The average Bonchev–Trinajstić information content (AvgIpc) is 3.11. The van der Waals surface area contributed by atoms with Crippen LogP contribution in [0.5, 0.6) is 0 Å². The number of aromatic nitrogens is 2. The van der Waals surface area contributed by atoms with Crippen molar-refractivity contribution < 1.29 is 8.42 Å². The molecule has 1 N–H and O–H groups in total. The van der Waals surface area contributed by atoms with Crippen molar-refractivity contribution in [2.45, 2.75) is 23.9 Å². The number of nitrogens with one attached hydrogen (secondary N) is 1. The summed E-state index contributed by atoms with van der Waals surface area (Å²) in [6.45, 7) is 0.497. The molecule has 0 unspecified atom stereocenters. The van der Waals surface area contributed by atoms with Crippen LogP contribution in [-0.2, 0) is 10.0 Å². The number of sulfonamides is 1. The maximum atomic E-state index is 12.6.